The summed E-state index contributed by atoms with van der Waals surface area (Å²) in [5.41, 5.74) is 5.97. The highest BCUT2D eigenvalue weighted by Gasteiger charge is 2.14. The van der Waals surface area contributed by atoms with E-state index in [-0.39, 0.29) is 31.5 Å². The first-order valence-corrected chi connectivity index (χ1v) is 5.65. The fraction of sp³-hybridized carbons (Fsp3) is 0.600. The maximum atomic E-state index is 11.6. The van der Waals surface area contributed by atoms with Gasteiger partial charge in [-0.3, -0.25) is 9.59 Å². The average Bonchev–Trinajstić information content (AvgIpc) is 2.75. The molecule has 1 heterocycles. The predicted molar refractivity (Wildman–Crippen MR) is 62.4 cm³/mol. The van der Waals surface area contributed by atoms with E-state index in [2.05, 4.69) is 15.6 Å². The molecule has 100 valence electrons. The van der Waals surface area contributed by atoms with Crippen LogP contribution in [0.2, 0.25) is 0 Å². The fourth-order valence-electron chi connectivity index (χ4n) is 1.44. The van der Waals surface area contributed by atoms with Gasteiger partial charge in [0.1, 0.15) is 6.54 Å². The van der Waals surface area contributed by atoms with Crippen molar-refractivity contribution in [3.63, 3.8) is 0 Å². The molecule has 1 atom stereocenters. The second-order valence-corrected chi connectivity index (χ2v) is 3.88. The third kappa shape index (κ3) is 4.50. The molecule has 8 nitrogen and oxygen atoms in total. The molecule has 0 fully saturated rings. The lowest BCUT2D eigenvalue weighted by Gasteiger charge is -2.14. The smallest absolute Gasteiger partial charge is 0.305 e. The lowest BCUT2D eigenvalue weighted by atomic mass is 10.1. The molecule has 1 amide bonds. The Kier molecular flexibility index (Phi) is 5.25. The number of carbonyl (C=O) groups is 2. The molecule has 18 heavy (non-hydrogen) atoms. The van der Waals surface area contributed by atoms with Gasteiger partial charge in [0, 0.05) is 12.6 Å². The molecule has 1 rings (SSSR count). The number of amides is 1. The number of nitrogens with two attached hydrogens (primary N) is 1. The number of carbonyl (C=O) groups excluding carboxylic acids is 1. The molecule has 0 radical (unpaired) electrons. The minimum absolute atomic E-state index is 0.00309. The Hall–Kier alpha value is -1.96. The van der Waals surface area contributed by atoms with Crippen LogP contribution in [0.5, 0.6) is 0 Å². The van der Waals surface area contributed by atoms with E-state index in [0.717, 1.165) is 0 Å². The van der Waals surface area contributed by atoms with Crippen LogP contribution < -0.4 is 11.1 Å². The molecular formula is C10H17N5O3. The molecule has 0 aromatic carbocycles. The molecular weight excluding hydrogens is 238 g/mol. The predicted octanol–water partition coefficient (Wildman–Crippen LogP) is -0.894. The topological polar surface area (TPSA) is 123 Å². The summed E-state index contributed by atoms with van der Waals surface area (Å²) in [5, 5.41) is 18.8. The van der Waals surface area contributed by atoms with Gasteiger partial charge in [-0.2, -0.15) is 0 Å². The highest BCUT2D eigenvalue weighted by atomic mass is 16.4. The Labute approximate surface area is 104 Å². The first-order valence-electron chi connectivity index (χ1n) is 5.65. The van der Waals surface area contributed by atoms with Crippen molar-refractivity contribution in [2.45, 2.75) is 38.9 Å². The molecule has 4 N–H and O–H groups in total. The number of aliphatic carboxylic acids is 1. The first kappa shape index (κ1) is 14.1. The molecule has 0 aliphatic rings. The average molecular weight is 255 g/mol. The number of carboxylic acid groups (broad SMARTS) is 1. The summed E-state index contributed by atoms with van der Waals surface area (Å²) in [7, 11) is 0. The molecule has 8 heteroatoms. The van der Waals surface area contributed by atoms with Crippen molar-refractivity contribution >= 4 is 11.9 Å². The number of rotatable bonds is 7. The van der Waals surface area contributed by atoms with E-state index in [4.69, 9.17) is 10.8 Å². The highest BCUT2D eigenvalue weighted by Crippen LogP contribution is 1.98. The number of aromatic nitrogens is 3. The van der Waals surface area contributed by atoms with Gasteiger partial charge in [-0.1, -0.05) is 12.1 Å². The van der Waals surface area contributed by atoms with Crippen LogP contribution in [0.4, 0.5) is 0 Å². The molecule has 0 bridgehead atoms. The molecule has 0 saturated heterocycles. The molecule has 0 saturated carbocycles. The summed E-state index contributed by atoms with van der Waals surface area (Å²) in [4.78, 5) is 22.2. The van der Waals surface area contributed by atoms with Gasteiger partial charge < -0.3 is 16.2 Å². The van der Waals surface area contributed by atoms with Gasteiger partial charge in [-0.15, -0.1) is 5.10 Å². The van der Waals surface area contributed by atoms with Crippen LogP contribution >= 0.6 is 0 Å². The molecule has 1 aromatic rings. The van der Waals surface area contributed by atoms with Crippen molar-refractivity contribution in [2.24, 2.45) is 5.73 Å². The Balaban J connectivity index is 2.47. The second kappa shape index (κ2) is 6.70. The maximum absolute atomic E-state index is 11.6. The third-order valence-electron chi connectivity index (χ3n) is 2.38. The van der Waals surface area contributed by atoms with Crippen molar-refractivity contribution < 1.29 is 14.7 Å². The van der Waals surface area contributed by atoms with E-state index in [1.54, 1.807) is 6.20 Å². The van der Waals surface area contributed by atoms with Crippen LogP contribution in [0.3, 0.4) is 0 Å². The Morgan fingerprint density at radius 2 is 2.33 bits per heavy atom. The number of nitrogens with one attached hydrogen (secondary N) is 1. The van der Waals surface area contributed by atoms with E-state index in [1.807, 2.05) is 6.92 Å². The van der Waals surface area contributed by atoms with Crippen LogP contribution in [-0.4, -0.2) is 38.0 Å². The largest absolute Gasteiger partial charge is 0.481 e. The maximum Gasteiger partial charge on any atom is 0.305 e. The zero-order valence-electron chi connectivity index (χ0n) is 10.2. The zero-order valence-corrected chi connectivity index (χ0v) is 10.2. The minimum atomic E-state index is -0.937. The zero-order chi connectivity index (χ0) is 13.5. The van der Waals surface area contributed by atoms with Gasteiger partial charge in [0.25, 0.3) is 0 Å². The summed E-state index contributed by atoms with van der Waals surface area (Å²) in [6.07, 6.45) is 2.05. The first-order chi connectivity index (χ1) is 8.55. The van der Waals surface area contributed by atoms with Gasteiger partial charge in [0.2, 0.25) is 5.91 Å². The van der Waals surface area contributed by atoms with Crippen LogP contribution in [-0.2, 0) is 22.7 Å². The third-order valence-corrected chi connectivity index (χ3v) is 2.38. The minimum Gasteiger partial charge on any atom is -0.481 e. The number of nitrogens with zero attached hydrogens (tertiary/aromatic N) is 3. The number of carboxylic acids is 1. The van der Waals surface area contributed by atoms with Crippen molar-refractivity contribution in [1.82, 2.24) is 20.3 Å². The van der Waals surface area contributed by atoms with E-state index in [0.29, 0.717) is 12.1 Å². The van der Waals surface area contributed by atoms with E-state index < -0.39 is 5.97 Å². The van der Waals surface area contributed by atoms with E-state index >= 15 is 0 Å². The normalized spacial score (nSPS) is 12.1. The Bertz CT molecular complexity index is 417. The number of hydrogen-bond acceptors (Lipinski definition) is 5. The Morgan fingerprint density at radius 1 is 1.61 bits per heavy atom. The quantitative estimate of drug-likeness (QED) is 0.580. The summed E-state index contributed by atoms with van der Waals surface area (Å²) < 4.78 is 1.37. The molecule has 0 spiro atoms. The lowest BCUT2D eigenvalue weighted by Crippen LogP contribution is -2.38. The highest BCUT2D eigenvalue weighted by molar-refractivity contribution is 5.77. The summed E-state index contributed by atoms with van der Waals surface area (Å²) in [6, 6.07) is -0.368. The number of hydrogen-bond donors (Lipinski definition) is 3. The monoisotopic (exact) mass is 255 g/mol. The molecule has 0 aliphatic heterocycles. The van der Waals surface area contributed by atoms with Crippen LogP contribution in [0.1, 0.15) is 25.5 Å². The van der Waals surface area contributed by atoms with Crippen molar-refractivity contribution in [3.05, 3.63) is 11.9 Å². The van der Waals surface area contributed by atoms with Gasteiger partial charge in [-0.05, 0) is 6.42 Å². The SMILES string of the molecule is CCC(CC(=O)O)NC(=O)Cn1cc(CN)nn1. The molecule has 1 unspecified atom stereocenters. The van der Waals surface area contributed by atoms with Crippen molar-refractivity contribution in [2.75, 3.05) is 0 Å². The fourth-order valence-corrected chi connectivity index (χ4v) is 1.44. The van der Waals surface area contributed by atoms with E-state index in [9.17, 15) is 9.59 Å². The van der Waals surface area contributed by atoms with Crippen LogP contribution in [0.25, 0.3) is 0 Å². The van der Waals surface area contributed by atoms with Crippen molar-refractivity contribution in [3.8, 4) is 0 Å². The second-order valence-electron chi connectivity index (χ2n) is 3.88. The van der Waals surface area contributed by atoms with Gasteiger partial charge in [0.15, 0.2) is 0 Å². The molecule has 0 aliphatic carbocycles. The summed E-state index contributed by atoms with van der Waals surface area (Å²) in [5.74, 6) is -1.23. The standard InChI is InChI=1S/C10H17N5O3/c1-2-7(3-10(17)18)12-9(16)6-15-5-8(4-11)13-14-15/h5,7H,2-4,6,11H2,1H3,(H,12,16)(H,17,18). The van der Waals surface area contributed by atoms with Gasteiger partial charge in [0.05, 0.1) is 18.3 Å². The van der Waals surface area contributed by atoms with Crippen molar-refractivity contribution in [1.29, 1.82) is 0 Å². The lowest BCUT2D eigenvalue weighted by molar-refractivity contribution is -0.137. The summed E-state index contributed by atoms with van der Waals surface area (Å²) in [6.45, 7) is 2.08. The van der Waals surface area contributed by atoms with Crippen LogP contribution in [0, 0.1) is 0 Å². The van der Waals surface area contributed by atoms with Gasteiger partial charge >= 0.3 is 5.97 Å². The van der Waals surface area contributed by atoms with E-state index in [1.165, 1.54) is 4.68 Å². The molecule has 1 aromatic heterocycles. The van der Waals surface area contributed by atoms with Crippen LogP contribution in [0.15, 0.2) is 6.20 Å². The Morgan fingerprint density at radius 3 is 2.83 bits per heavy atom. The summed E-state index contributed by atoms with van der Waals surface area (Å²) >= 11 is 0. The van der Waals surface area contributed by atoms with Gasteiger partial charge in [-0.25, -0.2) is 4.68 Å².